The van der Waals surface area contributed by atoms with Gasteiger partial charge in [-0.15, -0.1) is 5.10 Å². The van der Waals surface area contributed by atoms with Gasteiger partial charge in [0.2, 0.25) is 4.96 Å². The lowest BCUT2D eigenvalue weighted by Crippen LogP contribution is -2.23. The molecule has 0 aliphatic carbocycles. The van der Waals surface area contributed by atoms with Crippen LogP contribution < -0.4 is 19.6 Å². The van der Waals surface area contributed by atoms with Gasteiger partial charge in [0, 0.05) is 22.3 Å². The summed E-state index contributed by atoms with van der Waals surface area (Å²) in [4.78, 5) is 18.6. The Balaban J connectivity index is 1.16. The summed E-state index contributed by atoms with van der Waals surface area (Å²) in [6.45, 7) is 3.19. The van der Waals surface area contributed by atoms with E-state index in [-0.39, 0.29) is 5.56 Å². The molecule has 0 saturated heterocycles. The van der Waals surface area contributed by atoms with Crippen molar-refractivity contribution in [1.82, 2.24) is 24.4 Å². The van der Waals surface area contributed by atoms with Crippen LogP contribution in [0, 0.1) is 0 Å². The Morgan fingerprint density at radius 1 is 0.833 bits per heavy atom. The van der Waals surface area contributed by atoms with Crippen LogP contribution in [0.4, 0.5) is 0 Å². The number of para-hydroxylation sites is 1. The number of halogens is 1. The van der Waals surface area contributed by atoms with E-state index in [4.69, 9.17) is 26.2 Å². The third-order valence-electron chi connectivity index (χ3n) is 7.47. The number of fused-ring (bicyclic) bond motifs is 1. The van der Waals surface area contributed by atoms with E-state index >= 15 is 0 Å². The van der Waals surface area contributed by atoms with Crippen LogP contribution in [0.3, 0.4) is 0 Å². The molecule has 8 nitrogen and oxygen atoms in total. The molecule has 3 aromatic heterocycles. The van der Waals surface area contributed by atoms with E-state index in [1.807, 2.05) is 126 Å². The van der Waals surface area contributed by atoms with Crippen molar-refractivity contribution < 1.29 is 9.47 Å². The lowest BCUT2D eigenvalue weighted by molar-refractivity contribution is 0.306. The molecule has 238 valence electrons. The van der Waals surface area contributed by atoms with Crippen LogP contribution in [0.2, 0.25) is 5.02 Å². The first kappa shape index (κ1) is 31.1. The minimum Gasteiger partial charge on any atom is -0.494 e. The molecule has 0 spiro atoms. The van der Waals surface area contributed by atoms with E-state index in [1.165, 1.54) is 15.9 Å². The van der Waals surface area contributed by atoms with Crippen molar-refractivity contribution in [3.63, 3.8) is 0 Å². The highest BCUT2D eigenvalue weighted by molar-refractivity contribution is 7.15. The second-order valence-electron chi connectivity index (χ2n) is 11.0. The topological polar surface area (TPSA) is 83.5 Å². The highest BCUT2D eigenvalue weighted by atomic mass is 35.5. The number of benzene rings is 4. The van der Waals surface area contributed by atoms with Gasteiger partial charge in [-0.3, -0.25) is 4.79 Å². The molecule has 0 atom stereocenters. The Morgan fingerprint density at radius 2 is 1.56 bits per heavy atom. The maximum absolute atomic E-state index is 13.5. The first-order valence-electron chi connectivity index (χ1n) is 15.5. The number of aromatic nitrogens is 5. The summed E-state index contributed by atoms with van der Waals surface area (Å²) in [7, 11) is 0. The maximum atomic E-state index is 13.5. The monoisotopic (exact) mass is 671 g/mol. The van der Waals surface area contributed by atoms with Gasteiger partial charge in [-0.1, -0.05) is 78.4 Å². The molecular weight excluding hydrogens is 642 g/mol. The van der Waals surface area contributed by atoms with Crippen LogP contribution in [-0.4, -0.2) is 31.0 Å². The Morgan fingerprint density at radius 3 is 2.29 bits per heavy atom. The van der Waals surface area contributed by atoms with Crippen molar-refractivity contribution in [2.75, 3.05) is 6.61 Å². The number of hydrogen-bond donors (Lipinski definition) is 0. The smallest absolute Gasteiger partial charge is 0.291 e. The summed E-state index contributed by atoms with van der Waals surface area (Å²) in [5.41, 5.74) is 5.10. The molecule has 0 aliphatic rings. The predicted octanol–water partition coefficient (Wildman–Crippen LogP) is 7.74. The van der Waals surface area contributed by atoms with Gasteiger partial charge >= 0.3 is 0 Å². The minimum atomic E-state index is -0.232. The van der Waals surface area contributed by atoms with Crippen LogP contribution in [-0.2, 0) is 6.61 Å². The molecule has 0 amide bonds. The third-order valence-corrected chi connectivity index (χ3v) is 8.68. The minimum absolute atomic E-state index is 0.232. The van der Waals surface area contributed by atoms with E-state index < -0.39 is 0 Å². The van der Waals surface area contributed by atoms with E-state index in [0.29, 0.717) is 33.6 Å². The molecule has 0 N–H and O–H groups in total. The van der Waals surface area contributed by atoms with Crippen molar-refractivity contribution >= 4 is 46.1 Å². The standard InChI is InChI=1S/C38H30ClN5O3S/c1-2-22-46-32-17-10-26(11-18-32)12-21-35-40-38-44(41-35)37(45)34(48-38)23-29-24-43(31-6-4-3-5-7-31)42-36(29)28-13-19-33(20-14-28)47-25-27-8-15-30(39)16-9-27/h3-21,23-24H,2,22,25H2,1H3/b21-12+,34-23-. The SMILES string of the molecule is CCCOc1ccc(/C=C/c2nc3s/c(=C\c4cn(-c5ccccc5)nc4-c4ccc(OCc5ccc(Cl)cc5)cc4)c(=O)n3n2)cc1. The van der Waals surface area contributed by atoms with E-state index in [2.05, 4.69) is 17.0 Å². The molecule has 0 saturated carbocycles. The quantitative estimate of drug-likeness (QED) is 0.140. The molecule has 0 fully saturated rings. The molecule has 10 heteroatoms. The van der Waals surface area contributed by atoms with Gasteiger partial charge < -0.3 is 9.47 Å². The van der Waals surface area contributed by atoms with Crippen molar-refractivity contribution in [2.24, 2.45) is 0 Å². The Hall–Kier alpha value is -5.51. The fourth-order valence-electron chi connectivity index (χ4n) is 5.01. The number of nitrogens with zero attached hydrogens (tertiary/aromatic N) is 5. The Labute approximate surface area is 285 Å². The number of hydrogen-bond acceptors (Lipinski definition) is 7. The normalized spacial score (nSPS) is 11.9. The number of rotatable bonds is 11. The maximum Gasteiger partial charge on any atom is 0.291 e. The van der Waals surface area contributed by atoms with Crippen LogP contribution in [0.25, 0.3) is 40.1 Å². The second kappa shape index (κ2) is 14.1. The third kappa shape index (κ3) is 7.07. The van der Waals surface area contributed by atoms with Crippen molar-refractivity contribution in [2.45, 2.75) is 20.0 Å². The van der Waals surface area contributed by atoms with Crippen molar-refractivity contribution in [1.29, 1.82) is 0 Å². The van der Waals surface area contributed by atoms with Gasteiger partial charge in [0.25, 0.3) is 5.56 Å². The molecule has 7 aromatic rings. The fraction of sp³-hybridized carbons (Fsp3) is 0.105. The zero-order chi connectivity index (χ0) is 32.9. The first-order valence-corrected chi connectivity index (χ1v) is 16.7. The molecule has 0 radical (unpaired) electrons. The zero-order valence-corrected chi connectivity index (χ0v) is 27.6. The highest BCUT2D eigenvalue weighted by Crippen LogP contribution is 2.27. The summed E-state index contributed by atoms with van der Waals surface area (Å²) in [6, 6.07) is 33.0. The van der Waals surface area contributed by atoms with Crippen molar-refractivity contribution in [3.05, 3.63) is 152 Å². The molecule has 0 aliphatic heterocycles. The van der Waals surface area contributed by atoms with Gasteiger partial charge in [-0.2, -0.15) is 14.6 Å². The fourth-order valence-corrected chi connectivity index (χ4v) is 6.04. The molecule has 48 heavy (non-hydrogen) atoms. The predicted molar refractivity (Wildman–Crippen MR) is 192 cm³/mol. The van der Waals surface area contributed by atoms with E-state index in [9.17, 15) is 4.79 Å². The van der Waals surface area contributed by atoms with Gasteiger partial charge in [-0.25, -0.2) is 4.68 Å². The largest absolute Gasteiger partial charge is 0.494 e. The van der Waals surface area contributed by atoms with Crippen molar-refractivity contribution in [3.8, 4) is 28.4 Å². The van der Waals surface area contributed by atoms with Crippen LogP contribution in [0.5, 0.6) is 11.5 Å². The molecule has 3 heterocycles. The van der Waals surface area contributed by atoms with Crippen LogP contribution >= 0.6 is 22.9 Å². The highest BCUT2D eigenvalue weighted by Gasteiger charge is 2.14. The summed E-state index contributed by atoms with van der Waals surface area (Å²) in [5, 5.41) is 10.1. The first-order chi connectivity index (χ1) is 23.5. The molecule has 0 bridgehead atoms. The summed E-state index contributed by atoms with van der Waals surface area (Å²) < 4.78 is 15.3. The number of ether oxygens (including phenoxy) is 2. The van der Waals surface area contributed by atoms with E-state index in [1.54, 1.807) is 6.08 Å². The summed E-state index contributed by atoms with van der Waals surface area (Å²) in [6.07, 6.45) is 8.46. The lowest BCUT2D eigenvalue weighted by Gasteiger charge is -2.07. The molecular formula is C38H30ClN5O3S. The summed E-state index contributed by atoms with van der Waals surface area (Å²) in [5.74, 6) is 2.03. The van der Waals surface area contributed by atoms with Gasteiger partial charge in [0.15, 0.2) is 5.82 Å². The average molecular weight is 672 g/mol. The van der Waals surface area contributed by atoms with Gasteiger partial charge in [0.05, 0.1) is 16.8 Å². The Bertz CT molecular complexity index is 2290. The van der Waals surface area contributed by atoms with Gasteiger partial charge in [0.1, 0.15) is 23.8 Å². The van der Waals surface area contributed by atoms with Crippen LogP contribution in [0.15, 0.2) is 114 Å². The Kier molecular flexibility index (Phi) is 9.13. The van der Waals surface area contributed by atoms with Crippen LogP contribution in [0.1, 0.15) is 35.9 Å². The number of thiazole rings is 1. The molecule has 0 unspecified atom stereocenters. The second-order valence-corrected chi connectivity index (χ2v) is 12.4. The average Bonchev–Trinajstić information content (AvgIpc) is 3.81. The molecule has 7 rings (SSSR count). The van der Waals surface area contributed by atoms with E-state index in [0.717, 1.165) is 51.6 Å². The lowest BCUT2D eigenvalue weighted by atomic mass is 10.1. The van der Waals surface area contributed by atoms with Gasteiger partial charge in [-0.05, 0) is 90.4 Å². The summed E-state index contributed by atoms with van der Waals surface area (Å²) >= 11 is 7.30. The zero-order valence-electron chi connectivity index (χ0n) is 26.0. The molecule has 4 aromatic carbocycles.